The molecule has 0 aliphatic carbocycles. The van der Waals surface area contributed by atoms with Crippen LogP contribution in [-0.4, -0.2) is 42.6 Å². The van der Waals surface area contributed by atoms with E-state index < -0.39 is 0 Å². The van der Waals surface area contributed by atoms with Crippen LogP contribution in [0.25, 0.3) is 0 Å². The highest BCUT2D eigenvalue weighted by Gasteiger charge is 2.21. The van der Waals surface area contributed by atoms with Gasteiger partial charge in [-0.25, -0.2) is 4.79 Å². The van der Waals surface area contributed by atoms with Gasteiger partial charge in [0.1, 0.15) is 5.82 Å². The zero-order chi connectivity index (χ0) is 23.8. The molecule has 3 rings (SSSR count). The summed E-state index contributed by atoms with van der Waals surface area (Å²) in [6, 6.07) is 14.3. The molecule has 1 unspecified atom stereocenters. The lowest BCUT2D eigenvalue weighted by Crippen LogP contribution is -2.37. The van der Waals surface area contributed by atoms with Crippen LogP contribution < -0.4 is 21.3 Å². The molecule has 2 aromatic carbocycles. The summed E-state index contributed by atoms with van der Waals surface area (Å²) in [6.07, 6.45) is 2.20. The fourth-order valence-corrected chi connectivity index (χ4v) is 3.36. The van der Waals surface area contributed by atoms with Crippen molar-refractivity contribution < 1.29 is 19.1 Å². The van der Waals surface area contributed by atoms with Crippen molar-refractivity contribution in [3.63, 3.8) is 0 Å². The predicted molar refractivity (Wildman–Crippen MR) is 126 cm³/mol. The lowest BCUT2D eigenvalue weighted by Gasteiger charge is -2.20. The lowest BCUT2D eigenvalue weighted by molar-refractivity contribution is -0.140. The molecule has 0 radical (unpaired) electrons. The molecule has 3 amide bonds. The van der Waals surface area contributed by atoms with Crippen LogP contribution >= 0.6 is 0 Å². The van der Waals surface area contributed by atoms with Gasteiger partial charge in [-0.05, 0) is 43.2 Å². The van der Waals surface area contributed by atoms with Crippen LogP contribution in [0.5, 0.6) is 0 Å². The van der Waals surface area contributed by atoms with Gasteiger partial charge in [-0.15, -0.1) is 0 Å². The number of benzene rings is 2. The smallest absolute Gasteiger partial charge is 0.323 e. The summed E-state index contributed by atoms with van der Waals surface area (Å²) < 4.78 is 4.66. The Bertz CT molecular complexity index is 1040. The van der Waals surface area contributed by atoms with E-state index in [1.165, 1.54) is 7.11 Å². The third kappa shape index (κ3) is 6.99. The Balaban J connectivity index is 1.47. The minimum absolute atomic E-state index is 0.0406. The van der Waals surface area contributed by atoms with Gasteiger partial charge in [0.05, 0.1) is 26.1 Å². The maximum atomic E-state index is 12.4. The quantitative estimate of drug-likeness (QED) is 0.459. The van der Waals surface area contributed by atoms with Crippen molar-refractivity contribution in [1.82, 2.24) is 15.5 Å². The molecule has 0 saturated carbocycles. The first-order valence-electron chi connectivity index (χ1n) is 10.7. The maximum absolute atomic E-state index is 12.4. The van der Waals surface area contributed by atoms with Crippen molar-refractivity contribution in [2.45, 2.75) is 32.9 Å². The van der Waals surface area contributed by atoms with Gasteiger partial charge in [-0.1, -0.05) is 30.3 Å². The summed E-state index contributed by atoms with van der Waals surface area (Å²) in [5.41, 5.74) is 3.16. The summed E-state index contributed by atoms with van der Waals surface area (Å²) in [6.45, 7) is 4.35. The molecule has 0 bridgehead atoms. The van der Waals surface area contributed by atoms with Gasteiger partial charge in [-0.2, -0.15) is 0 Å². The number of hydrogen-bond acceptors (Lipinski definition) is 6. The predicted octanol–water partition coefficient (Wildman–Crippen LogP) is 2.91. The minimum Gasteiger partial charge on any atom is -0.469 e. The molecular formula is C24H29N5O4. The first kappa shape index (κ1) is 23.6. The fraction of sp³-hybridized carbons (Fsp3) is 0.292. The van der Waals surface area contributed by atoms with Crippen LogP contribution in [0.4, 0.5) is 16.2 Å². The number of hydrogen-bond donors (Lipinski definition) is 4. The number of esters is 1. The molecule has 0 fully saturated rings. The second-order valence-corrected chi connectivity index (χ2v) is 7.74. The summed E-state index contributed by atoms with van der Waals surface area (Å²) in [4.78, 5) is 37.9. The number of rotatable bonds is 8. The fourth-order valence-electron chi connectivity index (χ4n) is 3.36. The lowest BCUT2D eigenvalue weighted by atomic mass is 10.1. The number of ether oxygens (including phenoxy) is 1. The Morgan fingerprint density at radius 2 is 1.76 bits per heavy atom. The van der Waals surface area contributed by atoms with Crippen molar-refractivity contribution in [1.29, 1.82) is 0 Å². The third-order valence-corrected chi connectivity index (χ3v) is 5.20. The average Bonchev–Trinajstić information content (AvgIpc) is 3.13. The third-order valence-electron chi connectivity index (χ3n) is 5.20. The molecular weight excluding hydrogens is 422 g/mol. The number of anilines is 2. The summed E-state index contributed by atoms with van der Waals surface area (Å²) in [7, 11) is 1.36. The maximum Gasteiger partial charge on any atom is 0.323 e. The molecule has 1 aliphatic heterocycles. The van der Waals surface area contributed by atoms with Crippen LogP contribution in [0.3, 0.4) is 0 Å². The second-order valence-electron chi connectivity index (χ2n) is 7.74. The Morgan fingerprint density at radius 3 is 2.45 bits per heavy atom. The standard InChI is InChI=1S/C24H29N5O4/c1-16-6-4-5-7-20(16)27-24(32)26-19-10-8-18(9-11-19)14-22(30)28-21-15-29(17(2)25-21)13-12-23(31)33-3/h4-11,15,17,25H,12-14H2,1-3H3,(H,28,30)(H2,26,27,32). The first-order chi connectivity index (χ1) is 15.8. The van der Waals surface area contributed by atoms with Gasteiger partial charge in [0.15, 0.2) is 0 Å². The molecule has 1 heterocycles. The van der Waals surface area contributed by atoms with Crippen LogP contribution in [0.2, 0.25) is 0 Å². The number of amides is 3. The van der Waals surface area contributed by atoms with Gasteiger partial charge in [0.25, 0.3) is 0 Å². The number of para-hydroxylation sites is 1. The first-order valence-corrected chi connectivity index (χ1v) is 10.7. The van der Waals surface area contributed by atoms with E-state index in [1.807, 2.05) is 43.0 Å². The van der Waals surface area contributed by atoms with Crippen molar-refractivity contribution in [3.8, 4) is 0 Å². The number of carbonyl (C=O) groups is 3. The van der Waals surface area contributed by atoms with E-state index in [-0.39, 0.29) is 36.9 Å². The zero-order valence-electron chi connectivity index (χ0n) is 19.0. The van der Waals surface area contributed by atoms with Gasteiger partial charge in [-0.3, -0.25) is 9.59 Å². The molecule has 174 valence electrons. The summed E-state index contributed by atoms with van der Waals surface area (Å²) in [5.74, 6) is 0.135. The van der Waals surface area contributed by atoms with Gasteiger partial charge in [0.2, 0.25) is 5.91 Å². The van der Waals surface area contributed by atoms with E-state index in [1.54, 1.807) is 30.5 Å². The zero-order valence-corrected chi connectivity index (χ0v) is 19.0. The Kier molecular flexibility index (Phi) is 7.91. The molecule has 1 aliphatic rings. The van der Waals surface area contributed by atoms with Crippen molar-refractivity contribution in [3.05, 3.63) is 71.7 Å². The highest BCUT2D eigenvalue weighted by atomic mass is 16.5. The van der Waals surface area contributed by atoms with Gasteiger partial charge >= 0.3 is 12.0 Å². The summed E-state index contributed by atoms with van der Waals surface area (Å²) >= 11 is 0. The highest BCUT2D eigenvalue weighted by molar-refractivity contribution is 6.00. The average molecular weight is 452 g/mol. The molecule has 0 saturated heterocycles. The molecule has 1 atom stereocenters. The SMILES string of the molecule is COC(=O)CCN1C=C(NC(=O)Cc2ccc(NC(=O)Nc3ccccc3C)cc2)NC1C. The molecule has 33 heavy (non-hydrogen) atoms. The molecule has 0 spiro atoms. The van der Waals surface area contributed by atoms with E-state index in [2.05, 4.69) is 26.0 Å². The molecule has 4 N–H and O–H groups in total. The number of nitrogens with zero attached hydrogens (tertiary/aromatic N) is 1. The van der Waals surface area contributed by atoms with E-state index >= 15 is 0 Å². The number of urea groups is 1. The number of methoxy groups -OCH3 is 1. The van der Waals surface area contributed by atoms with Crippen LogP contribution in [-0.2, 0) is 20.7 Å². The van der Waals surface area contributed by atoms with E-state index in [4.69, 9.17) is 0 Å². The Labute approximate surface area is 193 Å². The largest absolute Gasteiger partial charge is 0.469 e. The van der Waals surface area contributed by atoms with E-state index in [0.717, 1.165) is 16.8 Å². The van der Waals surface area contributed by atoms with E-state index in [0.29, 0.717) is 18.1 Å². The Hall–Kier alpha value is -4.01. The van der Waals surface area contributed by atoms with Crippen molar-refractivity contribution >= 4 is 29.3 Å². The molecule has 9 heteroatoms. The van der Waals surface area contributed by atoms with E-state index in [9.17, 15) is 14.4 Å². The van der Waals surface area contributed by atoms with Crippen molar-refractivity contribution in [2.75, 3.05) is 24.3 Å². The monoisotopic (exact) mass is 451 g/mol. The Morgan fingerprint density at radius 1 is 1.03 bits per heavy atom. The van der Waals surface area contributed by atoms with Gasteiger partial charge in [0, 0.05) is 24.1 Å². The molecule has 2 aromatic rings. The summed E-state index contributed by atoms with van der Waals surface area (Å²) in [5, 5.41) is 11.6. The number of carbonyl (C=O) groups excluding carboxylic acids is 3. The minimum atomic E-state index is -0.333. The van der Waals surface area contributed by atoms with Gasteiger partial charge < -0.3 is 30.9 Å². The molecule has 0 aromatic heterocycles. The van der Waals surface area contributed by atoms with Crippen molar-refractivity contribution in [2.24, 2.45) is 0 Å². The second kappa shape index (κ2) is 11.0. The molecule has 9 nitrogen and oxygen atoms in total. The number of aryl methyl sites for hydroxylation is 1. The van der Waals surface area contributed by atoms with Crippen LogP contribution in [0.1, 0.15) is 24.5 Å². The highest BCUT2D eigenvalue weighted by Crippen LogP contribution is 2.15. The number of nitrogens with one attached hydrogen (secondary N) is 4. The van der Waals surface area contributed by atoms with Crippen LogP contribution in [0.15, 0.2) is 60.6 Å². The topological polar surface area (TPSA) is 112 Å². The normalized spacial score (nSPS) is 14.7. The van der Waals surface area contributed by atoms with Crippen LogP contribution in [0, 0.1) is 6.92 Å².